The molecule has 0 saturated carbocycles. The first-order chi connectivity index (χ1) is 8.47. The molecule has 4 nitrogen and oxygen atoms in total. The molecule has 2 rings (SSSR count). The molecular formula is C11H6Cl3NO3. The molecule has 1 aromatic heterocycles. The molecule has 0 atom stereocenters. The molecule has 18 heavy (non-hydrogen) atoms. The van der Waals surface area contributed by atoms with Crippen molar-refractivity contribution in [1.82, 2.24) is 5.16 Å². The molecule has 0 radical (unpaired) electrons. The van der Waals surface area contributed by atoms with Crippen LogP contribution in [0.1, 0.15) is 16.2 Å². The summed E-state index contributed by atoms with van der Waals surface area (Å²) in [4.78, 5) is 11.7. The average Bonchev–Trinajstić information content (AvgIpc) is 2.70. The lowest BCUT2D eigenvalue weighted by Gasteiger charge is -2.06. The third kappa shape index (κ3) is 2.77. The maximum atomic E-state index is 11.7. The van der Waals surface area contributed by atoms with E-state index in [1.807, 2.05) is 0 Å². The molecule has 0 aliphatic rings. The minimum Gasteiger partial charge on any atom is -0.417 e. The first-order valence-electron chi connectivity index (χ1n) is 4.77. The van der Waals surface area contributed by atoms with Crippen LogP contribution in [0.2, 0.25) is 15.1 Å². The Morgan fingerprint density at radius 3 is 2.33 bits per heavy atom. The zero-order valence-electron chi connectivity index (χ0n) is 9.04. The van der Waals surface area contributed by atoms with Crippen molar-refractivity contribution in [2.75, 3.05) is 0 Å². The highest BCUT2D eigenvalue weighted by Crippen LogP contribution is 2.36. The van der Waals surface area contributed by atoms with E-state index < -0.39 is 5.97 Å². The number of nitrogens with zero attached hydrogens (tertiary/aromatic N) is 1. The van der Waals surface area contributed by atoms with Crippen LogP contribution in [0.15, 0.2) is 22.7 Å². The highest BCUT2D eigenvalue weighted by molar-refractivity contribution is 6.40. The lowest BCUT2D eigenvalue weighted by Crippen LogP contribution is -2.08. The molecule has 1 heterocycles. The predicted molar refractivity (Wildman–Crippen MR) is 67.7 cm³/mol. The van der Waals surface area contributed by atoms with Crippen LogP contribution in [0.5, 0.6) is 5.75 Å². The van der Waals surface area contributed by atoms with Gasteiger partial charge in [-0.1, -0.05) is 40.0 Å². The van der Waals surface area contributed by atoms with Crippen molar-refractivity contribution in [2.24, 2.45) is 0 Å². The summed E-state index contributed by atoms with van der Waals surface area (Å²) in [5.41, 5.74) is 0.565. The van der Waals surface area contributed by atoms with Crippen LogP contribution < -0.4 is 4.74 Å². The topological polar surface area (TPSA) is 52.3 Å². The maximum absolute atomic E-state index is 11.7. The lowest BCUT2D eigenvalue weighted by atomic mass is 10.3. The van der Waals surface area contributed by atoms with Crippen LogP contribution in [0.3, 0.4) is 0 Å². The Bertz CT molecular complexity index is 586. The highest BCUT2D eigenvalue weighted by atomic mass is 35.5. The van der Waals surface area contributed by atoms with Gasteiger partial charge in [0.25, 0.3) is 0 Å². The van der Waals surface area contributed by atoms with Gasteiger partial charge in [0, 0.05) is 11.1 Å². The summed E-state index contributed by atoms with van der Waals surface area (Å²) >= 11 is 17.5. The zero-order chi connectivity index (χ0) is 13.3. The third-order valence-corrected chi connectivity index (χ3v) is 2.77. The zero-order valence-corrected chi connectivity index (χ0v) is 11.3. The van der Waals surface area contributed by atoms with E-state index in [9.17, 15) is 4.79 Å². The molecule has 0 saturated heterocycles. The van der Waals surface area contributed by atoms with Crippen molar-refractivity contribution in [3.05, 3.63) is 44.7 Å². The number of ether oxygens (including phenoxy) is 1. The minimum atomic E-state index is -0.735. The molecule has 0 fully saturated rings. The molecule has 2 aromatic rings. The Morgan fingerprint density at radius 1 is 1.22 bits per heavy atom. The van der Waals surface area contributed by atoms with Gasteiger partial charge in [-0.2, -0.15) is 0 Å². The SMILES string of the molecule is Cc1cc(C(=O)Oc2c(Cl)cc(Cl)cc2Cl)on1. The van der Waals surface area contributed by atoms with Crippen LogP contribution in [-0.2, 0) is 0 Å². The van der Waals surface area contributed by atoms with Crippen molar-refractivity contribution in [2.45, 2.75) is 6.92 Å². The number of rotatable bonds is 2. The fraction of sp³-hybridized carbons (Fsp3) is 0.0909. The van der Waals surface area contributed by atoms with Gasteiger partial charge in [-0.05, 0) is 19.1 Å². The van der Waals surface area contributed by atoms with Gasteiger partial charge in [-0.15, -0.1) is 0 Å². The molecule has 0 aliphatic carbocycles. The van der Waals surface area contributed by atoms with Gasteiger partial charge >= 0.3 is 5.97 Å². The summed E-state index contributed by atoms with van der Waals surface area (Å²) in [6.07, 6.45) is 0. The lowest BCUT2D eigenvalue weighted by molar-refractivity contribution is 0.0691. The van der Waals surface area contributed by atoms with Gasteiger partial charge in [0.05, 0.1) is 15.7 Å². The Hall–Kier alpha value is -1.23. The maximum Gasteiger partial charge on any atom is 0.382 e. The molecule has 0 N–H and O–H groups in total. The second-order valence-corrected chi connectivity index (χ2v) is 4.67. The van der Waals surface area contributed by atoms with E-state index in [0.29, 0.717) is 10.7 Å². The number of hydrogen-bond acceptors (Lipinski definition) is 4. The Labute approximate surface area is 117 Å². The summed E-state index contributed by atoms with van der Waals surface area (Å²) in [6.45, 7) is 1.68. The van der Waals surface area contributed by atoms with Gasteiger partial charge in [0.1, 0.15) is 0 Å². The highest BCUT2D eigenvalue weighted by Gasteiger charge is 2.18. The van der Waals surface area contributed by atoms with Crippen LogP contribution in [-0.4, -0.2) is 11.1 Å². The van der Waals surface area contributed by atoms with E-state index in [-0.39, 0.29) is 21.6 Å². The Morgan fingerprint density at radius 2 is 1.83 bits per heavy atom. The average molecular weight is 307 g/mol. The summed E-state index contributed by atoms with van der Waals surface area (Å²) in [5.74, 6) is -0.738. The Kier molecular flexibility index (Phi) is 3.80. The van der Waals surface area contributed by atoms with Crippen LogP contribution in [0, 0.1) is 6.92 Å². The molecule has 0 amide bonds. The first-order valence-corrected chi connectivity index (χ1v) is 5.91. The minimum absolute atomic E-state index is 0.0294. The van der Waals surface area contributed by atoms with E-state index >= 15 is 0 Å². The van der Waals surface area contributed by atoms with E-state index in [1.54, 1.807) is 6.92 Å². The van der Waals surface area contributed by atoms with Crippen molar-refractivity contribution in [1.29, 1.82) is 0 Å². The normalized spacial score (nSPS) is 10.4. The predicted octanol–water partition coefficient (Wildman–Crippen LogP) is 4.16. The van der Waals surface area contributed by atoms with Crippen molar-refractivity contribution < 1.29 is 14.1 Å². The van der Waals surface area contributed by atoms with Crippen molar-refractivity contribution in [3.63, 3.8) is 0 Å². The van der Waals surface area contributed by atoms with Gasteiger partial charge in [0.15, 0.2) is 5.75 Å². The number of halogens is 3. The van der Waals surface area contributed by atoms with Gasteiger partial charge in [-0.3, -0.25) is 0 Å². The van der Waals surface area contributed by atoms with Gasteiger partial charge < -0.3 is 9.26 Å². The summed E-state index contributed by atoms with van der Waals surface area (Å²) in [6, 6.07) is 4.28. The molecule has 1 aromatic carbocycles. The molecule has 0 unspecified atom stereocenters. The number of benzene rings is 1. The summed E-state index contributed by atoms with van der Waals surface area (Å²) < 4.78 is 9.80. The van der Waals surface area contributed by atoms with Crippen LogP contribution >= 0.6 is 34.8 Å². The monoisotopic (exact) mass is 305 g/mol. The quantitative estimate of drug-likeness (QED) is 0.617. The standard InChI is InChI=1S/C11H6Cl3NO3/c1-5-2-9(18-15-5)11(16)17-10-7(13)3-6(12)4-8(10)14/h2-4H,1H3. The Balaban J connectivity index is 2.27. The second kappa shape index (κ2) is 5.18. The van der Waals surface area contributed by atoms with Crippen LogP contribution in [0.4, 0.5) is 0 Å². The second-order valence-electron chi connectivity index (χ2n) is 3.42. The largest absolute Gasteiger partial charge is 0.417 e. The number of hydrogen-bond donors (Lipinski definition) is 0. The first kappa shape index (κ1) is 13.2. The van der Waals surface area contributed by atoms with E-state index in [2.05, 4.69) is 5.16 Å². The fourth-order valence-electron chi connectivity index (χ4n) is 1.23. The number of aryl methyl sites for hydroxylation is 1. The molecule has 94 valence electrons. The number of carbonyl (C=O) groups is 1. The van der Waals surface area contributed by atoms with Crippen molar-refractivity contribution in [3.8, 4) is 5.75 Å². The number of esters is 1. The molecule has 0 spiro atoms. The molecule has 0 aliphatic heterocycles. The summed E-state index contributed by atoms with van der Waals surface area (Å²) in [7, 11) is 0. The fourth-order valence-corrected chi connectivity index (χ4v) is 2.12. The van der Waals surface area contributed by atoms with E-state index in [4.69, 9.17) is 44.1 Å². The molecule has 0 bridgehead atoms. The molecular weight excluding hydrogens is 300 g/mol. The molecule has 7 heteroatoms. The van der Waals surface area contributed by atoms with E-state index in [1.165, 1.54) is 18.2 Å². The third-order valence-electron chi connectivity index (χ3n) is 1.99. The van der Waals surface area contributed by atoms with Crippen LogP contribution in [0.25, 0.3) is 0 Å². The number of aromatic nitrogens is 1. The number of carbonyl (C=O) groups excluding carboxylic acids is 1. The van der Waals surface area contributed by atoms with E-state index in [0.717, 1.165) is 0 Å². The van der Waals surface area contributed by atoms with Gasteiger partial charge in [0.2, 0.25) is 5.76 Å². The van der Waals surface area contributed by atoms with Gasteiger partial charge in [-0.25, -0.2) is 4.79 Å². The summed E-state index contributed by atoms with van der Waals surface area (Å²) in [5, 5.41) is 4.20. The smallest absolute Gasteiger partial charge is 0.382 e. The van der Waals surface area contributed by atoms with Crippen molar-refractivity contribution >= 4 is 40.8 Å².